The lowest BCUT2D eigenvalue weighted by Crippen LogP contribution is -2.40. The van der Waals surface area contributed by atoms with Crippen molar-refractivity contribution in [3.05, 3.63) is 70.3 Å². The summed E-state index contributed by atoms with van der Waals surface area (Å²) < 4.78 is 1.63. The van der Waals surface area contributed by atoms with Crippen molar-refractivity contribution in [2.45, 2.75) is 38.1 Å². The number of nitrogens with zero attached hydrogens (tertiary/aromatic N) is 4. The second kappa shape index (κ2) is 7.43. The standard InChI is InChI=1S/C23H24N4O2/c28-22-10-9-20(18-5-6-18)25-27(22)15-16-11-13-26(14-12-16)23(29)21-8-7-17-3-1-2-4-19(17)24-21/h1-4,7-10,16,18H,5-6,11-15H2. The zero-order valence-electron chi connectivity index (χ0n) is 16.3. The van der Waals surface area contributed by atoms with E-state index in [-0.39, 0.29) is 11.5 Å². The fourth-order valence-corrected chi connectivity index (χ4v) is 4.10. The molecule has 1 saturated heterocycles. The van der Waals surface area contributed by atoms with Crippen LogP contribution in [-0.4, -0.2) is 38.7 Å². The molecule has 1 aromatic carbocycles. The first-order chi connectivity index (χ1) is 14.2. The van der Waals surface area contributed by atoms with Gasteiger partial charge in [0.2, 0.25) is 0 Å². The molecule has 0 N–H and O–H groups in total. The lowest BCUT2D eigenvalue weighted by molar-refractivity contribution is 0.0675. The molecule has 0 unspecified atom stereocenters. The molecule has 1 aliphatic heterocycles. The quantitative estimate of drug-likeness (QED) is 0.688. The van der Waals surface area contributed by atoms with Crippen LogP contribution in [0.3, 0.4) is 0 Å². The van der Waals surface area contributed by atoms with E-state index in [4.69, 9.17) is 0 Å². The van der Waals surface area contributed by atoms with Gasteiger partial charge < -0.3 is 4.90 Å². The van der Waals surface area contributed by atoms with Crippen LogP contribution in [0, 0.1) is 5.92 Å². The number of benzene rings is 1. The minimum atomic E-state index is -0.0340. The molecule has 3 aromatic rings. The minimum Gasteiger partial charge on any atom is -0.337 e. The molecule has 0 spiro atoms. The lowest BCUT2D eigenvalue weighted by Gasteiger charge is -2.31. The van der Waals surface area contributed by atoms with E-state index in [2.05, 4.69) is 10.1 Å². The molecule has 5 rings (SSSR count). The molecule has 6 heteroatoms. The van der Waals surface area contributed by atoms with Crippen molar-refractivity contribution in [1.82, 2.24) is 19.7 Å². The summed E-state index contributed by atoms with van der Waals surface area (Å²) >= 11 is 0. The topological polar surface area (TPSA) is 68.1 Å². The Bertz CT molecular complexity index is 1110. The average molecular weight is 388 g/mol. The van der Waals surface area contributed by atoms with Gasteiger partial charge in [0.25, 0.3) is 11.5 Å². The molecule has 148 valence electrons. The first-order valence-corrected chi connectivity index (χ1v) is 10.4. The van der Waals surface area contributed by atoms with Crippen molar-refractivity contribution < 1.29 is 4.79 Å². The van der Waals surface area contributed by atoms with E-state index in [1.807, 2.05) is 47.4 Å². The molecule has 6 nitrogen and oxygen atoms in total. The number of hydrogen-bond donors (Lipinski definition) is 0. The van der Waals surface area contributed by atoms with E-state index < -0.39 is 0 Å². The van der Waals surface area contributed by atoms with Crippen LogP contribution >= 0.6 is 0 Å². The second-order valence-electron chi connectivity index (χ2n) is 8.18. The van der Waals surface area contributed by atoms with Gasteiger partial charge in [-0.15, -0.1) is 0 Å². The Morgan fingerprint density at radius 1 is 0.966 bits per heavy atom. The molecule has 0 bridgehead atoms. The van der Waals surface area contributed by atoms with Crippen molar-refractivity contribution in [3.8, 4) is 0 Å². The van der Waals surface area contributed by atoms with Gasteiger partial charge in [0.05, 0.1) is 11.2 Å². The molecule has 2 fully saturated rings. The Kier molecular flexibility index (Phi) is 4.62. The zero-order chi connectivity index (χ0) is 19.8. The highest BCUT2D eigenvalue weighted by molar-refractivity contribution is 5.94. The fraction of sp³-hybridized carbons (Fsp3) is 0.391. The molecular formula is C23H24N4O2. The normalized spacial score (nSPS) is 17.6. The maximum absolute atomic E-state index is 12.9. The molecule has 1 aliphatic carbocycles. The SMILES string of the molecule is O=C(c1ccc2ccccc2n1)N1CCC(Cn2nc(C3CC3)ccc2=O)CC1. The number of hydrogen-bond acceptors (Lipinski definition) is 4. The smallest absolute Gasteiger partial charge is 0.272 e. The van der Waals surface area contributed by atoms with Crippen molar-refractivity contribution >= 4 is 16.8 Å². The van der Waals surface area contributed by atoms with Gasteiger partial charge in [0.1, 0.15) is 5.69 Å². The summed E-state index contributed by atoms with van der Waals surface area (Å²) in [6.45, 7) is 2.01. The van der Waals surface area contributed by atoms with E-state index in [0.29, 0.717) is 37.2 Å². The van der Waals surface area contributed by atoms with Gasteiger partial charge >= 0.3 is 0 Å². The van der Waals surface area contributed by atoms with Gasteiger partial charge in [0.15, 0.2) is 0 Å². The van der Waals surface area contributed by atoms with Crippen molar-refractivity contribution in [1.29, 1.82) is 0 Å². The van der Waals surface area contributed by atoms with Gasteiger partial charge in [-0.2, -0.15) is 5.10 Å². The van der Waals surface area contributed by atoms with Gasteiger partial charge in [0, 0.05) is 37.0 Å². The molecule has 0 atom stereocenters. The second-order valence-corrected chi connectivity index (χ2v) is 8.18. The highest BCUT2D eigenvalue weighted by Crippen LogP contribution is 2.38. The van der Waals surface area contributed by atoms with E-state index >= 15 is 0 Å². The van der Waals surface area contributed by atoms with Crippen LogP contribution < -0.4 is 5.56 Å². The summed E-state index contributed by atoms with van der Waals surface area (Å²) in [6.07, 6.45) is 4.10. The molecule has 3 heterocycles. The van der Waals surface area contributed by atoms with E-state index in [9.17, 15) is 9.59 Å². The summed E-state index contributed by atoms with van der Waals surface area (Å²) in [6, 6.07) is 15.1. The van der Waals surface area contributed by atoms with Gasteiger partial charge in [-0.1, -0.05) is 24.3 Å². The summed E-state index contributed by atoms with van der Waals surface area (Å²) in [5.41, 5.74) is 2.35. The maximum atomic E-state index is 12.9. The monoisotopic (exact) mass is 388 g/mol. The highest BCUT2D eigenvalue weighted by atomic mass is 16.2. The maximum Gasteiger partial charge on any atom is 0.272 e. The van der Waals surface area contributed by atoms with Crippen molar-refractivity contribution in [2.75, 3.05) is 13.1 Å². The Hall–Kier alpha value is -3.02. The number of aromatic nitrogens is 3. The van der Waals surface area contributed by atoms with E-state index in [1.54, 1.807) is 10.7 Å². The molecule has 2 aliphatic rings. The van der Waals surface area contributed by atoms with Crippen molar-refractivity contribution in [3.63, 3.8) is 0 Å². The predicted molar refractivity (Wildman–Crippen MR) is 111 cm³/mol. The number of pyridine rings is 1. The number of carbonyl (C=O) groups is 1. The number of piperidine rings is 1. The van der Waals surface area contributed by atoms with E-state index in [0.717, 1.165) is 29.4 Å². The third kappa shape index (κ3) is 3.79. The molecule has 2 aromatic heterocycles. The van der Waals surface area contributed by atoms with Crippen LogP contribution in [0.15, 0.2) is 53.3 Å². The summed E-state index contributed by atoms with van der Waals surface area (Å²) in [5.74, 6) is 0.888. The Morgan fingerprint density at radius 2 is 1.76 bits per heavy atom. The van der Waals surface area contributed by atoms with Crippen LogP contribution in [0.1, 0.15) is 47.8 Å². The Morgan fingerprint density at radius 3 is 2.55 bits per heavy atom. The predicted octanol–water partition coefficient (Wildman–Crippen LogP) is 3.22. The van der Waals surface area contributed by atoms with Crippen LogP contribution in [-0.2, 0) is 6.54 Å². The number of para-hydroxylation sites is 1. The minimum absolute atomic E-state index is 0.0137. The fourth-order valence-electron chi connectivity index (χ4n) is 4.10. The largest absolute Gasteiger partial charge is 0.337 e. The molecular weight excluding hydrogens is 364 g/mol. The molecule has 0 radical (unpaired) electrons. The average Bonchev–Trinajstić information content (AvgIpc) is 3.60. The molecule has 1 saturated carbocycles. The molecule has 29 heavy (non-hydrogen) atoms. The summed E-state index contributed by atoms with van der Waals surface area (Å²) in [7, 11) is 0. The number of rotatable bonds is 4. The zero-order valence-corrected chi connectivity index (χ0v) is 16.3. The third-order valence-electron chi connectivity index (χ3n) is 6.03. The van der Waals surface area contributed by atoms with Gasteiger partial charge in [-0.05, 0) is 49.8 Å². The lowest BCUT2D eigenvalue weighted by atomic mass is 9.96. The number of fused-ring (bicyclic) bond motifs is 1. The summed E-state index contributed by atoms with van der Waals surface area (Å²) in [4.78, 5) is 31.5. The first-order valence-electron chi connectivity index (χ1n) is 10.4. The van der Waals surface area contributed by atoms with Crippen LogP contribution in [0.2, 0.25) is 0 Å². The van der Waals surface area contributed by atoms with Crippen LogP contribution in [0.25, 0.3) is 10.9 Å². The van der Waals surface area contributed by atoms with Gasteiger partial charge in [-0.3, -0.25) is 9.59 Å². The summed E-state index contributed by atoms with van der Waals surface area (Å²) in [5, 5.41) is 5.61. The third-order valence-corrected chi connectivity index (χ3v) is 6.03. The van der Waals surface area contributed by atoms with Gasteiger partial charge in [-0.25, -0.2) is 9.67 Å². The highest BCUT2D eigenvalue weighted by Gasteiger charge is 2.27. The first kappa shape index (κ1) is 18.0. The Balaban J connectivity index is 1.23. The number of likely N-dealkylation sites (tertiary alicyclic amines) is 1. The van der Waals surface area contributed by atoms with Crippen molar-refractivity contribution in [2.24, 2.45) is 5.92 Å². The number of carbonyl (C=O) groups excluding carboxylic acids is 1. The van der Waals surface area contributed by atoms with Crippen LogP contribution in [0.5, 0.6) is 0 Å². The number of amides is 1. The Labute approximate surface area is 169 Å². The van der Waals surface area contributed by atoms with Crippen LogP contribution in [0.4, 0.5) is 0 Å². The van der Waals surface area contributed by atoms with E-state index in [1.165, 1.54) is 12.8 Å². The molecule has 1 amide bonds.